The lowest BCUT2D eigenvalue weighted by Crippen LogP contribution is -2.00. The molecule has 0 N–H and O–H groups in total. The van der Waals surface area contributed by atoms with Gasteiger partial charge in [-0.05, 0) is 36.8 Å². The van der Waals surface area contributed by atoms with Crippen LogP contribution in [0.2, 0.25) is 5.02 Å². The fourth-order valence-corrected chi connectivity index (χ4v) is 2.60. The molecule has 88 valence electrons. The minimum Gasteiger partial charge on any atom is -0.288 e. The van der Waals surface area contributed by atoms with Gasteiger partial charge in [-0.1, -0.05) is 18.5 Å². The Hall–Kier alpha value is -1.19. The molecule has 0 saturated carbocycles. The molecule has 0 fully saturated rings. The van der Waals surface area contributed by atoms with Gasteiger partial charge in [0.2, 0.25) is 5.78 Å². The van der Waals surface area contributed by atoms with Crippen molar-refractivity contribution in [2.24, 2.45) is 0 Å². The van der Waals surface area contributed by atoms with Crippen molar-refractivity contribution < 1.29 is 9.18 Å². The van der Waals surface area contributed by atoms with Gasteiger partial charge in [0.15, 0.2) is 0 Å². The Bertz CT molecular complexity index is 562. The van der Waals surface area contributed by atoms with E-state index in [4.69, 9.17) is 11.6 Å². The minimum atomic E-state index is -0.454. The fraction of sp³-hybridized carbons (Fsp3) is 0.154. The molecule has 2 rings (SSSR count). The molecule has 0 bridgehead atoms. The molecular formula is C13H10ClFOS. The first-order valence-electron chi connectivity index (χ1n) is 5.20. The second kappa shape index (κ2) is 4.98. The topological polar surface area (TPSA) is 17.1 Å². The van der Waals surface area contributed by atoms with Gasteiger partial charge in [-0.2, -0.15) is 0 Å². The van der Waals surface area contributed by atoms with Gasteiger partial charge < -0.3 is 0 Å². The van der Waals surface area contributed by atoms with Crippen LogP contribution in [0.25, 0.3) is 0 Å². The lowest BCUT2D eigenvalue weighted by molar-refractivity contribution is 0.104. The van der Waals surface area contributed by atoms with Crippen LogP contribution in [-0.4, -0.2) is 5.78 Å². The Kier molecular flexibility index (Phi) is 3.60. The molecule has 0 amide bonds. The number of carbonyl (C=O) groups excluding carboxylic acids is 1. The number of rotatable bonds is 3. The Labute approximate surface area is 108 Å². The number of halogens is 2. The number of carbonyl (C=O) groups is 1. The summed E-state index contributed by atoms with van der Waals surface area (Å²) >= 11 is 7.32. The number of aryl methyl sites for hydroxylation is 1. The highest BCUT2D eigenvalue weighted by molar-refractivity contribution is 7.14. The third kappa shape index (κ3) is 2.56. The zero-order valence-corrected chi connectivity index (χ0v) is 10.7. The smallest absolute Gasteiger partial charge is 0.204 e. The maximum Gasteiger partial charge on any atom is 0.204 e. The van der Waals surface area contributed by atoms with E-state index in [1.807, 2.05) is 13.0 Å². The molecule has 2 aromatic rings. The van der Waals surface area contributed by atoms with Crippen molar-refractivity contribution in [3.05, 3.63) is 56.5 Å². The van der Waals surface area contributed by atoms with Crippen molar-refractivity contribution >= 4 is 28.7 Å². The summed E-state index contributed by atoms with van der Waals surface area (Å²) in [5.74, 6) is -0.677. The van der Waals surface area contributed by atoms with Crippen LogP contribution in [0.4, 0.5) is 4.39 Å². The standard InChI is InChI=1S/C13H10ClFOS/c1-2-9-4-6-12(17-9)13(16)10-7-8(15)3-5-11(10)14/h3-7H,2H2,1H3. The Morgan fingerprint density at radius 1 is 1.35 bits per heavy atom. The highest BCUT2D eigenvalue weighted by Crippen LogP contribution is 2.25. The van der Waals surface area contributed by atoms with E-state index >= 15 is 0 Å². The van der Waals surface area contributed by atoms with E-state index in [2.05, 4.69) is 0 Å². The molecule has 0 aliphatic carbocycles. The van der Waals surface area contributed by atoms with Crippen LogP contribution in [0.1, 0.15) is 27.0 Å². The SMILES string of the molecule is CCc1ccc(C(=O)c2cc(F)ccc2Cl)s1. The summed E-state index contributed by atoms with van der Waals surface area (Å²) in [6, 6.07) is 7.48. The van der Waals surface area contributed by atoms with Crippen LogP contribution < -0.4 is 0 Å². The summed E-state index contributed by atoms with van der Waals surface area (Å²) in [7, 11) is 0. The van der Waals surface area contributed by atoms with E-state index in [-0.39, 0.29) is 16.4 Å². The van der Waals surface area contributed by atoms with Crippen LogP contribution in [-0.2, 0) is 6.42 Å². The number of thiophene rings is 1. The van der Waals surface area contributed by atoms with Gasteiger partial charge >= 0.3 is 0 Å². The van der Waals surface area contributed by atoms with Crippen LogP contribution in [0.5, 0.6) is 0 Å². The van der Waals surface area contributed by atoms with E-state index in [0.29, 0.717) is 4.88 Å². The average Bonchev–Trinajstić information content (AvgIpc) is 2.80. The quantitative estimate of drug-likeness (QED) is 0.757. The maximum atomic E-state index is 13.1. The van der Waals surface area contributed by atoms with Crippen molar-refractivity contribution in [3.63, 3.8) is 0 Å². The molecule has 0 radical (unpaired) electrons. The van der Waals surface area contributed by atoms with Gasteiger partial charge in [0.25, 0.3) is 0 Å². The van der Waals surface area contributed by atoms with Crippen molar-refractivity contribution in [1.29, 1.82) is 0 Å². The third-order valence-electron chi connectivity index (χ3n) is 2.41. The van der Waals surface area contributed by atoms with Crippen molar-refractivity contribution in [2.75, 3.05) is 0 Å². The predicted octanol–water partition coefficient (Wildman–Crippen LogP) is 4.33. The van der Waals surface area contributed by atoms with Gasteiger partial charge in [0.05, 0.1) is 9.90 Å². The van der Waals surface area contributed by atoms with Crippen molar-refractivity contribution in [1.82, 2.24) is 0 Å². The second-order valence-corrected chi connectivity index (χ2v) is 5.15. The van der Waals surface area contributed by atoms with E-state index in [9.17, 15) is 9.18 Å². The average molecular weight is 269 g/mol. The Morgan fingerprint density at radius 2 is 2.12 bits per heavy atom. The number of ketones is 1. The fourth-order valence-electron chi connectivity index (χ4n) is 1.49. The lowest BCUT2D eigenvalue weighted by Gasteiger charge is -2.01. The summed E-state index contributed by atoms with van der Waals surface area (Å²) in [6.07, 6.45) is 0.884. The highest BCUT2D eigenvalue weighted by atomic mass is 35.5. The van der Waals surface area contributed by atoms with Crippen LogP contribution in [0.15, 0.2) is 30.3 Å². The second-order valence-electron chi connectivity index (χ2n) is 3.57. The highest BCUT2D eigenvalue weighted by Gasteiger charge is 2.15. The van der Waals surface area contributed by atoms with Crippen molar-refractivity contribution in [2.45, 2.75) is 13.3 Å². The first-order valence-corrected chi connectivity index (χ1v) is 6.39. The maximum absolute atomic E-state index is 13.1. The molecule has 0 atom stereocenters. The summed E-state index contributed by atoms with van der Waals surface area (Å²) in [5, 5.41) is 0.280. The van der Waals surface area contributed by atoms with E-state index in [0.717, 1.165) is 11.3 Å². The monoisotopic (exact) mass is 268 g/mol. The molecule has 0 spiro atoms. The van der Waals surface area contributed by atoms with Crippen molar-refractivity contribution in [3.8, 4) is 0 Å². The molecule has 1 nitrogen and oxygen atoms in total. The van der Waals surface area contributed by atoms with Crippen LogP contribution in [0, 0.1) is 5.82 Å². The largest absolute Gasteiger partial charge is 0.288 e. The van der Waals surface area contributed by atoms with E-state index in [1.54, 1.807) is 6.07 Å². The van der Waals surface area contributed by atoms with Gasteiger partial charge in [0, 0.05) is 10.4 Å². The number of hydrogen-bond acceptors (Lipinski definition) is 2. The zero-order chi connectivity index (χ0) is 12.4. The summed E-state index contributed by atoms with van der Waals surface area (Å²) in [6.45, 7) is 2.02. The first-order chi connectivity index (χ1) is 8.11. The number of hydrogen-bond donors (Lipinski definition) is 0. The molecule has 17 heavy (non-hydrogen) atoms. The summed E-state index contributed by atoms with van der Waals surface area (Å²) < 4.78 is 13.1. The Morgan fingerprint density at radius 3 is 2.76 bits per heavy atom. The summed E-state index contributed by atoms with van der Waals surface area (Å²) in [4.78, 5) is 13.8. The molecule has 0 aliphatic rings. The number of benzene rings is 1. The normalized spacial score (nSPS) is 10.5. The van der Waals surface area contributed by atoms with Gasteiger partial charge in [-0.15, -0.1) is 11.3 Å². The van der Waals surface area contributed by atoms with E-state index in [1.165, 1.54) is 29.5 Å². The van der Waals surface area contributed by atoms with Gasteiger partial charge in [-0.3, -0.25) is 4.79 Å². The summed E-state index contributed by atoms with van der Waals surface area (Å²) in [5.41, 5.74) is 0.219. The van der Waals surface area contributed by atoms with Gasteiger partial charge in [-0.25, -0.2) is 4.39 Å². The molecule has 1 aromatic carbocycles. The molecule has 1 heterocycles. The minimum absolute atomic E-state index is 0.219. The van der Waals surface area contributed by atoms with Gasteiger partial charge in [0.1, 0.15) is 5.82 Å². The first kappa shape index (κ1) is 12.3. The van der Waals surface area contributed by atoms with Crippen LogP contribution >= 0.6 is 22.9 Å². The molecular weight excluding hydrogens is 259 g/mol. The third-order valence-corrected chi connectivity index (χ3v) is 3.96. The zero-order valence-electron chi connectivity index (χ0n) is 9.17. The molecule has 4 heteroatoms. The van der Waals surface area contributed by atoms with E-state index < -0.39 is 5.82 Å². The molecule has 0 unspecified atom stereocenters. The molecule has 0 saturated heterocycles. The Balaban J connectivity index is 2.39. The predicted molar refractivity (Wildman–Crippen MR) is 68.5 cm³/mol. The van der Waals surface area contributed by atoms with Crippen LogP contribution in [0.3, 0.4) is 0 Å². The lowest BCUT2D eigenvalue weighted by atomic mass is 10.1. The molecule has 1 aromatic heterocycles. The molecule has 0 aliphatic heterocycles.